The topological polar surface area (TPSA) is 40.5 Å². The van der Waals surface area contributed by atoms with Gasteiger partial charge in [0, 0.05) is 5.75 Å². The molecule has 1 aliphatic carbocycles. The Kier molecular flexibility index (Phi) is 3.22. The van der Waals surface area contributed by atoms with Crippen molar-refractivity contribution < 1.29 is 10.2 Å². The van der Waals surface area contributed by atoms with E-state index in [0.717, 1.165) is 11.3 Å². The second kappa shape index (κ2) is 3.86. The SMILES string of the molecule is CS(C)(C)CC1=CC=C[C@H](O)[C@@H]1O. The van der Waals surface area contributed by atoms with Crippen molar-refractivity contribution in [2.75, 3.05) is 24.5 Å². The highest BCUT2D eigenvalue weighted by Gasteiger charge is 2.22. The summed E-state index contributed by atoms with van der Waals surface area (Å²) in [5.41, 5.74) is 0.956. The van der Waals surface area contributed by atoms with Crippen LogP contribution >= 0.6 is 10.0 Å². The van der Waals surface area contributed by atoms with Crippen molar-refractivity contribution >= 4 is 10.0 Å². The summed E-state index contributed by atoms with van der Waals surface area (Å²) in [5, 5.41) is 19.0. The molecule has 0 aromatic rings. The molecule has 0 aromatic heterocycles. The maximum absolute atomic E-state index is 9.64. The van der Waals surface area contributed by atoms with E-state index in [9.17, 15) is 10.2 Å². The van der Waals surface area contributed by atoms with E-state index >= 15 is 0 Å². The fourth-order valence-corrected chi connectivity index (χ4v) is 2.62. The van der Waals surface area contributed by atoms with Crippen LogP contribution in [-0.4, -0.2) is 46.9 Å². The third-order valence-electron chi connectivity index (χ3n) is 1.92. The van der Waals surface area contributed by atoms with Gasteiger partial charge in [-0.2, -0.15) is 0 Å². The van der Waals surface area contributed by atoms with E-state index in [4.69, 9.17) is 0 Å². The number of rotatable bonds is 2. The van der Waals surface area contributed by atoms with Crippen molar-refractivity contribution in [1.29, 1.82) is 0 Å². The van der Waals surface area contributed by atoms with Gasteiger partial charge in [0.1, 0.15) is 12.2 Å². The molecule has 0 saturated heterocycles. The molecule has 0 bridgehead atoms. The fourth-order valence-electron chi connectivity index (χ4n) is 1.35. The Hall–Kier alpha value is -0.250. The van der Waals surface area contributed by atoms with Gasteiger partial charge < -0.3 is 10.2 Å². The first-order valence-corrected chi connectivity index (χ1v) is 7.32. The van der Waals surface area contributed by atoms with Crippen molar-refractivity contribution in [2.24, 2.45) is 0 Å². The summed E-state index contributed by atoms with van der Waals surface area (Å²) >= 11 is 0. The Bertz CT molecular complexity index is 238. The monoisotopic (exact) mass is 202 g/mol. The number of aliphatic hydroxyl groups excluding tert-OH is 2. The zero-order valence-electron chi connectivity index (χ0n) is 8.40. The Morgan fingerprint density at radius 2 is 1.92 bits per heavy atom. The van der Waals surface area contributed by atoms with Crippen LogP contribution in [0.3, 0.4) is 0 Å². The van der Waals surface area contributed by atoms with Gasteiger partial charge in [-0.1, -0.05) is 18.2 Å². The van der Waals surface area contributed by atoms with E-state index in [-0.39, 0.29) is 0 Å². The molecule has 0 aliphatic heterocycles. The van der Waals surface area contributed by atoms with Crippen molar-refractivity contribution in [3.05, 3.63) is 23.8 Å². The second-order valence-corrected chi connectivity index (χ2v) is 8.77. The van der Waals surface area contributed by atoms with Crippen LogP contribution in [0.1, 0.15) is 0 Å². The molecule has 0 fully saturated rings. The van der Waals surface area contributed by atoms with Crippen molar-refractivity contribution in [3.63, 3.8) is 0 Å². The Balaban J connectivity index is 2.69. The average Bonchev–Trinajstić information content (AvgIpc) is 1.96. The lowest BCUT2D eigenvalue weighted by molar-refractivity contribution is 0.0719. The molecule has 0 spiro atoms. The lowest BCUT2D eigenvalue weighted by Gasteiger charge is -2.30. The first-order valence-electron chi connectivity index (χ1n) is 4.29. The van der Waals surface area contributed by atoms with E-state index in [2.05, 4.69) is 18.8 Å². The maximum atomic E-state index is 9.64. The van der Waals surface area contributed by atoms with E-state index < -0.39 is 22.2 Å². The van der Waals surface area contributed by atoms with Crippen LogP contribution in [0, 0.1) is 0 Å². The van der Waals surface area contributed by atoms with Crippen LogP contribution in [0.25, 0.3) is 0 Å². The quantitative estimate of drug-likeness (QED) is 0.698. The molecule has 0 amide bonds. The van der Waals surface area contributed by atoms with Gasteiger partial charge in [0.2, 0.25) is 0 Å². The molecule has 0 radical (unpaired) electrons. The second-order valence-electron chi connectivity index (χ2n) is 4.30. The van der Waals surface area contributed by atoms with Gasteiger partial charge >= 0.3 is 0 Å². The minimum Gasteiger partial charge on any atom is -0.386 e. The van der Waals surface area contributed by atoms with Gasteiger partial charge in [-0.05, 0) is 24.3 Å². The van der Waals surface area contributed by atoms with Crippen LogP contribution in [0.15, 0.2) is 23.8 Å². The zero-order valence-corrected chi connectivity index (χ0v) is 9.21. The number of hydrogen-bond acceptors (Lipinski definition) is 2. The average molecular weight is 202 g/mol. The van der Waals surface area contributed by atoms with E-state index in [0.29, 0.717) is 0 Å². The molecule has 0 saturated carbocycles. The lowest BCUT2D eigenvalue weighted by Crippen LogP contribution is -2.30. The molecule has 0 unspecified atom stereocenters. The molecule has 2 atom stereocenters. The minimum atomic E-state index is -0.721. The molecule has 0 aromatic carbocycles. The van der Waals surface area contributed by atoms with Gasteiger partial charge in [0.15, 0.2) is 0 Å². The highest BCUT2D eigenvalue weighted by Crippen LogP contribution is 2.38. The van der Waals surface area contributed by atoms with Gasteiger partial charge in [-0.15, -0.1) is 0 Å². The molecule has 2 nitrogen and oxygen atoms in total. The molecule has 3 heteroatoms. The van der Waals surface area contributed by atoms with Gasteiger partial charge in [0.25, 0.3) is 0 Å². The van der Waals surface area contributed by atoms with Crippen LogP contribution in [-0.2, 0) is 0 Å². The van der Waals surface area contributed by atoms with E-state index in [1.165, 1.54) is 0 Å². The first-order chi connectivity index (χ1) is 5.90. The van der Waals surface area contributed by atoms with Crippen molar-refractivity contribution in [2.45, 2.75) is 12.2 Å². The Labute approximate surface area is 81.3 Å². The smallest absolute Gasteiger partial charge is 0.106 e. The molecule has 1 rings (SSSR count). The third-order valence-corrected chi connectivity index (χ3v) is 3.12. The summed E-state index contributed by atoms with van der Waals surface area (Å²) in [7, 11) is -0.653. The summed E-state index contributed by atoms with van der Waals surface area (Å²) in [6, 6.07) is 0. The highest BCUT2D eigenvalue weighted by atomic mass is 32.3. The summed E-state index contributed by atoms with van der Waals surface area (Å²) < 4.78 is 0. The molecule has 2 N–H and O–H groups in total. The number of hydrogen-bond donors (Lipinski definition) is 2. The summed E-state index contributed by atoms with van der Waals surface area (Å²) in [5.74, 6) is 0.898. The molecular weight excluding hydrogens is 184 g/mol. The summed E-state index contributed by atoms with van der Waals surface area (Å²) in [6.07, 6.45) is 10.5. The summed E-state index contributed by atoms with van der Waals surface area (Å²) in [4.78, 5) is 0. The molecule has 76 valence electrons. The standard InChI is InChI=1S/C10H18O2S/c1-13(2,3)7-8-5-4-6-9(11)10(8)12/h4-6,9-12H,7H2,1-3H3/t9-,10+/m0/s1. The molecule has 13 heavy (non-hydrogen) atoms. The van der Waals surface area contributed by atoms with Crippen molar-refractivity contribution in [3.8, 4) is 0 Å². The number of aliphatic hydroxyl groups is 2. The number of allylic oxidation sites excluding steroid dienone is 2. The Morgan fingerprint density at radius 3 is 2.46 bits per heavy atom. The maximum Gasteiger partial charge on any atom is 0.106 e. The summed E-state index contributed by atoms with van der Waals surface area (Å²) in [6.45, 7) is 0. The van der Waals surface area contributed by atoms with Crippen molar-refractivity contribution in [1.82, 2.24) is 0 Å². The van der Waals surface area contributed by atoms with Gasteiger partial charge in [-0.25, -0.2) is 10.0 Å². The van der Waals surface area contributed by atoms with E-state index in [1.54, 1.807) is 6.08 Å². The van der Waals surface area contributed by atoms with Gasteiger partial charge in [0.05, 0.1) is 0 Å². The normalized spacial score (nSPS) is 30.1. The molecule has 0 heterocycles. The Morgan fingerprint density at radius 1 is 1.31 bits per heavy atom. The first kappa shape index (κ1) is 10.8. The van der Waals surface area contributed by atoms with Crippen LogP contribution in [0.5, 0.6) is 0 Å². The third kappa shape index (κ3) is 3.18. The van der Waals surface area contributed by atoms with Gasteiger partial charge in [-0.3, -0.25) is 0 Å². The van der Waals surface area contributed by atoms with Crippen LogP contribution in [0.2, 0.25) is 0 Å². The van der Waals surface area contributed by atoms with Crippen LogP contribution in [0.4, 0.5) is 0 Å². The van der Waals surface area contributed by atoms with Crippen LogP contribution < -0.4 is 0 Å². The molecule has 1 aliphatic rings. The zero-order chi connectivity index (χ0) is 10.1. The van der Waals surface area contributed by atoms with E-state index in [1.807, 2.05) is 12.2 Å². The predicted octanol–water partition coefficient (Wildman–Crippen LogP) is 0.898. The highest BCUT2D eigenvalue weighted by molar-refractivity contribution is 8.32. The largest absolute Gasteiger partial charge is 0.386 e. The lowest BCUT2D eigenvalue weighted by atomic mass is 10.0. The predicted molar refractivity (Wildman–Crippen MR) is 59.5 cm³/mol. The molecular formula is C10H18O2S. The fraction of sp³-hybridized carbons (Fsp3) is 0.600. The minimum absolute atomic E-state index is 0.653.